The lowest BCUT2D eigenvalue weighted by atomic mass is 10.2. The molecular formula is C13H14ClNO3S. The van der Waals surface area contributed by atoms with Gasteiger partial charge in [-0.2, -0.15) is 0 Å². The molecule has 0 amide bonds. The maximum atomic E-state index is 11.0. The van der Waals surface area contributed by atoms with Crippen LogP contribution in [0, 0.1) is 5.92 Å². The number of rotatable bonds is 5. The Morgan fingerprint density at radius 3 is 2.79 bits per heavy atom. The molecule has 0 N–H and O–H groups in total. The van der Waals surface area contributed by atoms with Gasteiger partial charge in [-0.05, 0) is 12.1 Å². The molecule has 1 aromatic heterocycles. The summed E-state index contributed by atoms with van der Waals surface area (Å²) >= 11 is 0. The Morgan fingerprint density at radius 1 is 1.32 bits per heavy atom. The van der Waals surface area contributed by atoms with E-state index in [-0.39, 0.29) is 18.3 Å². The second kappa shape index (κ2) is 5.75. The van der Waals surface area contributed by atoms with E-state index in [2.05, 4.69) is 4.98 Å². The second-order valence-corrected chi connectivity index (χ2v) is 7.27. The average Bonchev–Trinajstić information content (AvgIpc) is 2.34. The fraction of sp³-hybridized carbons (Fsp3) is 0.308. The SMILES string of the molecule is CC(COc1cccc2cccnc12)CS(=O)(=O)Cl. The van der Waals surface area contributed by atoms with Crippen LogP contribution in [0.5, 0.6) is 5.75 Å². The van der Waals surface area contributed by atoms with Crippen LogP contribution < -0.4 is 4.74 Å². The summed E-state index contributed by atoms with van der Waals surface area (Å²) in [4.78, 5) is 4.26. The second-order valence-electron chi connectivity index (χ2n) is 4.45. The van der Waals surface area contributed by atoms with Gasteiger partial charge in [-0.25, -0.2) is 8.42 Å². The molecule has 0 aliphatic carbocycles. The van der Waals surface area contributed by atoms with Crippen LogP contribution in [0.2, 0.25) is 0 Å². The van der Waals surface area contributed by atoms with Crippen LogP contribution in [0.4, 0.5) is 0 Å². The molecule has 0 aliphatic rings. The van der Waals surface area contributed by atoms with E-state index in [1.54, 1.807) is 13.1 Å². The summed E-state index contributed by atoms with van der Waals surface area (Å²) in [5, 5.41) is 0.984. The van der Waals surface area contributed by atoms with E-state index < -0.39 is 9.05 Å². The molecule has 1 aromatic carbocycles. The molecule has 102 valence electrons. The molecule has 1 unspecified atom stereocenters. The van der Waals surface area contributed by atoms with Crippen molar-refractivity contribution >= 4 is 30.6 Å². The van der Waals surface area contributed by atoms with Crippen LogP contribution in [0.25, 0.3) is 10.9 Å². The third-order valence-corrected chi connectivity index (χ3v) is 3.95. The lowest BCUT2D eigenvalue weighted by Gasteiger charge is -2.12. The first-order valence-electron chi connectivity index (χ1n) is 5.84. The number of para-hydroxylation sites is 1. The van der Waals surface area contributed by atoms with E-state index in [4.69, 9.17) is 15.4 Å². The van der Waals surface area contributed by atoms with Crippen LogP contribution >= 0.6 is 10.7 Å². The quantitative estimate of drug-likeness (QED) is 0.797. The number of fused-ring (bicyclic) bond motifs is 1. The molecule has 2 aromatic rings. The zero-order valence-electron chi connectivity index (χ0n) is 10.4. The van der Waals surface area contributed by atoms with Crippen LogP contribution in [-0.2, 0) is 9.05 Å². The molecular weight excluding hydrogens is 286 g/mol. The van der Waals surface area contributed by atoms with Gasteiger partial charge in [0.15, 0.2) is 0 Å². The highest BCUT2D eigenvalue weighted by atomic mass is 35.7. The van der Waals surface area contributed by atoms with Gasteiger partial charge in [0.25, 0.3) is 0 Å². The molecule has 0 saturated carbocycles. The third-order valence-electron chi connectivity index (χ3n) is 2.60. The monoisotopic (exact) mass is 299 g/mol. The Labute approximate surface area is 116 Å². The minimum absolute atomic E-state index is 0.104. The molecule has 0 fully saturated rings. The topological polar surface area (TPSA) is 56.3 Å². The number of hydrogen-bond acceptors (Lipinski definition) is 4. The summed E-state index contributed by atoms with van der Waals surface area (Å²) in [6.45, 7) is 2.06. The Morgan fingerprint density at radius 2 is 2.05 bits per heavy atom. The fourth-order valence-electron chi connectivity index (χ4n) is 1.81. The van der Waals surface area contributed by atoms with Gasteiger partial charge in [0, 0.05) is 28.2 Å². The summed E-state index contributed by atoms with van der Waals surface area (Å²) in [5.74, 6) is 0.366. The molecule has 19 heavy (non-hydrogen) atoms. The highest BCUT2D eigenvalue weighted by Gasteiger charge is 2.14. The Kier molecular flexibility index (Phi) is 4.27. The van der Waals surface area contributed by atoms with E-state index in [1.807, 2.05) is 30.3 Å². The van der Waals surface area contributed by atoms with Gasteiger partial charge in [0.1, 0.15) is 11.3 Å². The van der Waals surface area contributed by atoms with Gasteiger partial charge in [-0.15, -0.1) is 0 Å². The standard InChI is InChI=1S/C13H14ClNO3S/c1-10(9-19(14,16)17)8-18-12-6-2-4-11-5-3-7-15-13(11)12/h2-7,10H,8-9H2,1H3. The van der Waals surface area contributed by atoms with Crippen molar-refractivity contribution in [3.63, 3.8) is 0 Å². The van der Waals surface area contributed by atoms with Gasteiger partial charge < -0.3 is 4.74 Å². The van der Waals surface area contributed by atoms with Crippen molar-refractivity contribution < 1.29 is 13.2 Å². The molecule has 6 heteroatoms. The largest absolute Gasteiger partial charge is 0.491 e. The predicted octanol–water partition coefficient (Wildman–Crippen LogP) is 2.82. The highest BCUT2D eigenvalue weighted by Crippen LogP contribution is 2.23. The van der Waals surface area contributed by atoms with E-state index in [0.29, 0.717) is 5.75 Å². The number of benzene rings is 1. The number of ether oxygens (including phenoxy) is 1. The van der Waals surface area contributed by atoms with Crippen molar-refractivity contribution in [1.29, 1.82) is 0 Å². The normalized spacial score (nSPS) is 13.4. The first-order valence-corrected chi connectivity index (χ1v) is 8.32. The maximum Gasteiger partial charge on any atom is 0.232 e. The Hall–Kier alpha value is -1.33. The van der Waals surface area contributed by atoms with Crippen molar-refractivity contribution in [3.05, 3.63) is 36.5 Å². The van der Waals surface area contributed by atoms with E-state index in [9.17, 15) is 8.42 Å². The molecule has 0 spiro atoms. The van der Waals surface area contributed by atoms with E-state index in [1.165, 1.54) is 0 Å². The first kappa shape index (κ1) is 14.1. The summed E-state index contributed by atoms with van der Waals surface area (Å²) in [7, 11) is 1.72. The molecule has 0 saturated heterocycles. The number of hydrogen-bond donors (Lipinski definition) is 0. The molecule has 1 heterocycles. The van der Waals surface area contributed by atoms with Crippen molar-refractivity contribution in [2.45, 2.75) is 6.92 Å². The van der Waals surface area contributed by atoms with Crippen LogP contribution in [-0.4, -0.2) is 25.8 Å². The van der Waals surface area contributed by atoms with Gasteiger partial charge >= 0.3 is 0 Å². The molecule has 2 rings (SSSR count). The molecule has 1 atom stereocenters. The van der Waals surface area contributed by atoms with Gasteiger partial charge in [-0.1, -0.05) is 25.1 Å². The van der Waals surface area contributed by atoms with E-state index >= 15 is 0 Å². The highest BCUT2D eigenvalue weighted by molar-refractivity contribution is 8.13. The Balaban J connectivity index is 2.10. The van der Waals surface area contributed by atoms with Gasteiger partial charge in [0.05, 0.1) is 12.4 Å². The molecule has 0 aliphatic heterocycles. The van der Waals surface area contributed by atoms with Gasteiger partial charge in [0.2, 0.25) is 9.05 Å². The van der Waals surface area contributed by atoms with Crippen LogP contribution in [0.15, 0.2) is 36.5 Å². The number of aromatic nitrogens is 1. The van der Waals surface area contributed by atoms with Crippen molar-refractivity contribution in [2.75, 3.05) is 12.4 Å². The summed E-state index contributed by atoms with van der Waals surface area (Å²) in [6.07, 6.45) is 1.70. The zero-order valence-corrected chi connectivity index (χ0v) is 12.0. The molecule has 0 bridgehead atoms. The zero-order chi connectivity index (χ0) is 13.9. The number of pyridine rings is 1. The van der Waals surface area contributed by atoms with Crippen molar-refractivity contribution in [2.24, 2.45) is 5.92 Å². The van der Waals surface area contributed by atoms with Crippen molar-refractivity contribution in [3.8, 4) is 5.75 Å². The fourth-order valence-corrected chi connectivity index (χ4v) is 3.23. The predicted molar refractivity (Wildman–Crippen MR) is 76.0 cm³/mol. The smallest absolute Gasteiger partial charge is 0.232 e. The lowest BCUT2D eigenvalue weighted by molar-refractivity contribution is 0.275. The summed E-state index contributed by atoms with van der Waals surface area (Å²) < 4.78 is 27.6. The third kappa shape index (κ3) is 4.08. The van der Waals surface area contributed by atoms with Gasteiger partial charge in [-0.3, -0.25) is 4.98 Å². The average molecular weight is 300 g/mol. The first-order chi connectivity index (χ1) is 8.96. The summed E-state index contributed by atoms with van der Waals surface area (Å²) in [5.41, 5.74) is 0.769. The number of halogens is 1. The minimum atomic E-state index is -3.49. The lowest BCUT2D eigenvalue weighted by Crippen LogP contribution is -2.16. The Bertz CT molecular complexity index is 667. The number of nitrogens with zero attached hydrogens (tertiary/aromatic N) is 1. The minimum Gasteiger partial charge on any atom is -0.491 e. The maximum absolute atomic E-state index is 11.0. The van der Waals surface area contributed by atoms with E-state index in [0.717, 1.165) is 10.9 Å². The summed E-state index contributed by atoms with van der Waals surface area (Å²) in [6, 6.07) is 9.44. The van der Waals surface area contributed by atoms with Crippen molar-refractivity contribution in [1.82, 2.24) is 4.98 Å². The van der Waals surface area contributed by atoms with Crippen LogP contribution in [0.3, 0.4) is 0 Å². The molecule has 4 nitrogen and oxygen atoms in total. The molecule has 0 radical (unpaired) electrons. The van der Waals surface area contributed by atoms with Crippen LogP contribution in [0.1, 0.15) is 6.92 Å².